The summed E-state index contributed by atoms with van der Waals surface area (Å²) in [6, 6.07) is 3.04. The van der Waals surface area contributed by atoms with E-state index in [1.165, 1.54) is 12.1 Å². The van der Waals surface area contributed by atoms with Crippen molar-refractivity contribution in [2.24, 2.45) is 0 Å². The maximum absolute atomic E-state index is 12.3. The standard InChI is InChI=1S/C11H12BrCl2NO2S3/c12-7-3-9(13)11(10(14)4-7)20(16,17)15-5-8-6-18-1-2-19-8/h3-4,8,15H,1-2,5-6H2. The van der Waals surface area contributed by atoms with Crippen LogP contribution in [0.3, 0.4) is 0 Å². The summed E-state index contributed by atoms with van der Waals surface area (Å²) in [6.45, 7) is 0.392. The second-order valence-corrected chi connectivity index (χ2v) is 10.1. The number of benzene rings is 1. The normalized spacial score (nSPS) is 20.1. The molecule has 112 valence electrons. The summed E-state index contributed by atoms with van der Waals surface area (Å²) in [6.07, 6.45) is 0. The fourth-order valence-electron chi connectivity index (χ4n) is 1.71. The van der Waals surface area contributed by atoms with Crippen LogP contribution < -0.4 is 4.72 Å². The lowest BCUT2D eigenvalue weighted by Crippen LogP contribution is -2.33. The van der Waals surface area contributed by atoms with Gasteiger partial charge in [-0.1, -0.05) is 39.1 Å². The minimum absolute atomic E-state index is 0.0579. The first kappa shape index (κ1) is 17.2. The molecule has 0 aromatic heterocycles. The molecule has 20 heavy (non-hydrogen) atoms. The van der Waals surface area contributed by atoms with Crippen molar-refractivity contribution in [1.82, 2.24) is 4.72 Å². The molecule has 1 fully saturated rings. The van der Waals surface area contributed by atoms with E-state index >= 15 is 0 Å². The van der Waals surface area contributed by atoms with Crippen molar-refractivity contribution in [3.05, 3.63) is 26.7 Å². The highest BCUT2D eigenvalue weighted by Gasteiger charge is 2.24. The molecule has 1 unspecified atom stereocenters. The first-order valence-corrected chi connectivity index (χ1v) is 11.0. The minimum atomic E-state index is -3.70. The Morgan fingerprint density at radius 3 is 2.50 bits per heavy atom. The average molecular weight is 437 g/mol. The van der Waals surface area contributed by atoms with Crippen molar-refractivity contribution in [3.63, 3.8) is 0 Å². The molecule has 3 nitrogen and oxygen atoms in total. The first-order valence-electron chi connectivity index (χ1n) is 5.74. The van der Waals surface area contributed by atoms with Crippen LogP contribution in [0.2, 0.25) is 10.0 Å². The molecule has 1 heterocycles. The van der Waals surface area contributed by atoms with Gasteiger partial charge in [-0.15, -0.1) is 0 Å². The van der Waals surface area contributed by atoms with Gasteiger partial charge in [0.15, 0.2) is 0 Å². The van der Waals surface area contributed by atoms with Crippen LogP contribution in [0.15, 0.2) is 21.5 Å². The monoisotopic (exact) mass is 435 g/mol. The molecule has 1 aliphatic rings. The van der Waals surface area contributed by atoms with Gasteiger partial charge in [0.05, 0.1) is 10.0 Å². The lowest BCUT2D eigenvalue weighted by molar-refractivity contribution is 0.581. The molecule has 1 saturated heterocycles. The van der Waals surface area contributed by atoms with Gasteiger partial charge in [-0.2, -0.15) is 23.5 Å². The van der Waals surface area contributed by atoms with E-state index in [-0.39, 0.29) is 20.2 Å². The first-order chi connectivity index (χ1) is 9.40. The van der Waals surface area contributed by atoms with Gasteiger partial charge in [0.1, 0.15) is 4.90 Å². The van der Waals surface area contributed by atoms with Crippen LogP contribution in [0.1, 0.15) is 0 Å². The number of rotatable bonds is 4. The zero-order chi connectivity index (χ0) is 14.8. The second-order valence-electron chi connectivity index (χ2n) is 4.12. The van der Waals surface area contributed by atoms with E-state index < -0.39 is 10.0 Å². The summed E-state index contributed by atoms with van der Waals surface area (Å²) in [4.78, 5) is -0.0579. The third-order valence-electron chi connectivity index (χ3n) is 2.62. The number of sulfonamides is 1. The molecule has 0 spiro atoms. The average Bonchev–Trinajstić information content (AvgIpc) is 2.36. The summed E-state index contributed by atoms with van der Waals surface area (Å²) in [5, 5.41) is 0.515. The smallest absolute Gasteiger partial charge is 0.210 e. The van der Waals surface area contributed by atoms with Gasteiger partial charge in [-0.3, -0.25) is 0 Å². The molecule has 1 aliphatic heterocycles. The van der Waals surface area contributed by atoms with Gasteiger partial charge < -0.3 is 0 Å². The predicted octanol–water partition coefficient (Wildman–Crippen LogP) is 3.88. The van der Waals surface area contributed by atoms with Crippen LogP contribution in [0.4, 0.5) is 0 Å². The molecule has 0 aliphatic carbocycles. The van der Waals surface area contributed by atoms with Crippen molar-refractivity contribution in [1.29, 1.82) is 0 Å². The fourth-order valence-corrected chi connectivity index (χ4v) is 7.45. The predicted molar refractivity (Wildman–Crippen MR) is 92.9 cm³/mol. The molecule has 1 N–H and O–H groups in total. The Morgan fingerprint density at radius 1 is 1.30 bits per heavy atom. The minimum Gasteiger partial charge on any atom is -0.210 e. The van der Waals surface area contributed by atoms with E-state index in [0.29, 0.717) is 11.0 Å². The molecule has 0 bridgehead atoms. The summed E-state index contributed by atoms with van der Waals surface area (Å²) < 4.78 is 27.9. The van der Waals surface area contributed by atoms with Crippen molar-refractivity contribution in [2.75, 3.05) is 23.8 Å². The summed E-state index contributed by atoms with van der Waals surface area (Å²) >= 11 is 18.9. The molecule has 1 aromatic carbocycles. The highest BCUT2D eigenvalue weighted by atomic mass is 79.9. The van der Waals surface area contributed by atoms with Crippen molar-refractivity contribution in [3.8, 4) is 0 Å². The van der Waals surface area contributed by atoms with Crippen LogP contribution in [0, 0.1) is 0 Å². The van der Waals surface area contributed by atoms with Gasteiger partial charge >= 0.3 is 0 Å². The maximum Gasteiger partial charge on any atom is 0.243 e. The van der Waals surface area contributed by atoms with Gasteiger partial charge in [0.25, 0.3) is 0 Å². The SMILES string of the molecule is O=S(=O)(NCC1CSCCS1)c1c(Cl)cc(Br)cc1Cl. The number of hydrogen-bond donors (Lipinski definition) is 1. The summed E-state index contributed by atoms with van der Waals surface area (Å²) in [5.74, 6) is 3.13. The van der Waals surface area contributed by atoms with Gasteiger partial charge in [0.2, 0.25) is 10.0 Å². The summed E-state index contributed by atoms with van der Waals surface area (Å²) in [7, 11) is -3.70. The lowest BCUT2D eigenvalue weighted by atomic mass is 10.4. The van der Waals surface area contributed by atoms with Crippen LogP contribution in [0.5, 0.6) is 0 Å². The van der Waals surface area contributed by atoms with Crippen LogP contribution >= 0.6 is 62.7 Å². The zero-order valence-corrected chi connectivity index (χ0v) is 15.8. The highest BCUT2D eigenvalue weighted by molar-refractivity contribution is 9.10. The number of thioether (sulfide) groups is 2. The molecule has 1 atom stereocenters. The van der Waals surface area contributed by atoms with Gasteiger partial charge in [0, 0.05) is 33.5 Å². The molecule has 1 aromatic rings. The lowest BCUT2D eigenvalue weighted by Gasteiger charge is -2.21. The van der Waals surface area contributed by atoms with E-state index in [1.807, 2.05) is 11.8 Å². The van der Waals surface area contributed by atoms with Gasteiger partial charge in [-0.25, -0.2) is 13.1 Å². The van der Waals surface area contributed by atoms with E-state index in [2.05, 4.69) is 20.7 Å². The van der Waals surface area contributed by atoms with Crippen LogP contribution in [0.25, 0.3) is 0 Å². The molecule has 0 radical (unpaired) electrons. The third kappa shape index (κ3) is 4.44. The van der Waals surface area contributed by atoms with Crippen molar-refractivity contribution >= 4 is 72.7 Å². The van der Waals surface area contributed by atoms with Crippen molar-refractivity contribution < 1.29 is 8.42 Å². The Kier molecular flexibility index (Phi) is 6.41. The molecule has 2 rings (SSSR count). The Balaban J connectivity index is 2.14. The Hall–Kier alpha value is 0.890. The fraction of sp³-hybridized carbons (Fsp3) is 0.455. The van der Waals surface area contributed by atoms with E-state index in [4.69, 9.17) is 23.2 Å². The number of nitrogens with one attached hydrogen (secondary N) is 1. The van der Waals surface area contributed by atoms with Crippen molar-refractivity contribution in [2.45, 2.75) is 10.1 Å². The molecular weight excluding hydrogens is 425 g/mol. The zero-order valence-electron chi connectivity index (χ0n) is 10.2. The topological polar surface area (TPSA) is 46.2 Å². The number of halogens is 3. The van der Waals surface area contributed by atoms with Crippen LogP contribution in [-0.4, -0.2) is 37.5 Å². The second kappa shape index (κ2) is 7.44. The quantitative estimate of drug-likeness (QED) is 0.777. The molecule has 0 amide bonds. The Morgan fingerprint density at radius 2 is 1.95 bits per heavy atom. The highest BCUT2D eigenvalue weighted by Crippen LogP contribution is 2.33. The maximum atomic E-state index is 12.3. The Bertz CT molecular complexity index is 568. The van der Waals surface area contributed by atoms with E-state index in [0.717, 1.165) is 17.3 Å². The number of hydrogen-bond acceptors (Lipinski definition) is 4. The summed E-state index contributed by atoms with van der Waals surface area (Å²) in [5.41, 5.74) is 0. The largest absolute Gasteiger partial charge is 0.243 e. The van der Waals surface area contributed by atoms with Gasteiger partial charge in [-0.05, 0) is 12.1 Å². The van der Waals surface area contributed by atoms with E-state index in [9.17, 15) is 8.42 Å². The molecule has 9 heteroatoms. The third-order valence-corrected chi connectivity index (χ3v) is 8.26. The van der Waals surface area contributed by atoms with E-state index in [1.54, 1.807) is 11.8 Å². The molecule has 0 saturated carbocycles. The Labute approximate surface area is 145 Å². The molecular formula is C11H12BrCl2NO2S3. The van der Waals surface area contributed by atoms with Crippen LogP contribution in [-0.2, 0) is 10.0 Å².